The number of hydrogen-bond donors (Lipinski definition) is 1. The largest absolute Gasteiger partial charge is 0.393 e. The Morgan fingerprint density at radius 3 is 2.69 bits per heavy atom. The van der Waals surface area contributed by atoms with Gasteiger partial charge in [0, 0.05) is 12.3 Å². The number of nitrogens with zero attached hydrogens (tertiary/aromatic N) is 1. The summed E-state index contributed by atoms with van der Waals surface area (Å²) >= 11 is 1.75. The second kappa shape index (κ2) is 4.52. The van der Waals surface area contributed by atoms with E-state index in [4.69, 9.17) is 0 Å². The summed E-state index contributed by atoms with van der Waals surface area (Å²) in [7, 11) is 0. The molecule has 1 unspecified atom stereocenters. The van der Waals surface area contributed by atoms with Crippen LogP contribution in [0.25, 0.3) is 10.2 Å². The Balaban J connectivity index is 2.50. The third-order valence-electron chi connectivity index (χ3n) is 2.53. The zero-order chi connectivity index (χ0) is 11.7. The zero-order valence-electron chi connectivity index (χ0n) is 9.90. The first kappa shape index (κ1) is 11.6. The van der Waals surface area contributed by atoms with Crippen LogP contribution in [-0.4, -0.2) is 16.2 Å². The molecule has 3 heteroatoms. The van der Waals surface area contributed by atoms with Crippen LogP contribution in [0.1, 0.15) is 37.3 Å². The van der Waals surface area contributed by atoms with Crippen LogP contribution in [0, 0.1) is 0 Å². The molecule has 1 aromatic carbocycles. The number of aliphatic hydroxyl groups is 1. The zero-order valence-corrected chi connectivity index (χ0v) is 10.7. The molecule has 0 spiro atoms. The van der Waals surface area contributed by atoms with E-state index in [1.807, 2.05) is 13.0 Å². The topological polar surface area (TPSA) is 33.1 Å². The third-order valence-corrected chi connectivity index (χ3v) is 3.85. The molecule has 2 nitrogen and oxygen atoms in total. The molecule has 0 amide bonds. The third kappa shape index (κ3) is 2.25. The summed E-state index contributed by atoms with van der Waals surface area (Å²) < 4.78 is 1.22. The predicted octanol–water partition coefficient (Wildman–Crippen LogP) is 3.34. The minimum absolute atomic E-state index is 0.310. The van der Waals surface area contributed by atoms with Crippen molar-refractivity contribution in [2.24, 2.45) is 0 Å². The average molecular weight is 235 g/mol. The molecule has 0 aliphatic heterocycles. The highest BCUT2D eigenvalue weighted by atomic mass is 32.1. The lowest BCUT2D eigenvalue weighted by Gasteiger charge is -2.04. The van der Waals surface area contributed by atoms with E-state index in [-0.39, 0.29) is 6.10 Å². The predicted molar refractivity (Wildman–Crippen MR) is 69.1 cm³/mol. The molecule has 16 heavy (non-hydrogen) atoms. The molecule has 2 rings (SSSR count). The average Bonchev–Trinajstić information content (AvgIpc) is 2.61. The Hall–Kier alpha value is -0.930. The molecule has 0 aliphatic carbocycles. The molecule has 1 heterocycles. The number of hydrogen-bond acceptors (Lipinski definition) is 3. The Labute approximate surface area is 100.0 Å². The molecule has 0 saturated carbocycles. The SMILES string of the molecule is CC(O)Cc1cccc2sc(C(C)C)nc12. The van der Waals surface area contributed by atoms with Gasteiger partial charge in [-0.2, -0.15) is 0 Å². The number of fused-ring (bicyclic) bond motifs is 1. The standard InChI is InChI=1S/C13H17NOS/c1-8(2)13-14-12-10(7-9(3)15)5-4-6-11(12)16-13/h4-6,8-9,15H,7H2,1-3H3. The van der Waals surface area contributed by atoms with E-state index in [1.54, 1.807) is 11.3 Å². The van der Waals surface area contributed by atoms with Crippen LogP contribution in [0.5, 0.6) is 0 Å². The van der Waals surface area contributed by atoms with Crippen LogP contribution in [-0.2, 0) is 6.42 Å². The van der Waals surface area contributed by atoms with Crippen molar-refractivity contribution in [3.63, 3.8) is 0 Å². The first-order chi connectivity index (χ1) is 7.58. The number of aromatic nitrogens is 1. The van der Waals surface area contributed by atoms with Crippen molar-refractivity contribution >= 4 is 21.6 Å². The van der Waals surface area contributed by atoms with Gasteiger partial charge in [-0.1, -0.05) is 26.0 Å². The van der Waals surface area contributed by atoms with Crippen LogP contribution in [0.15, 0.2) is 18.2 Å². The van der Waals surface area contributed by atoms with E-state index < -0.39 is 0 Å². The number of benzene rings is 1. The lowest BCUT2D eigenvalue weighted by Crippen LogP contribution is -2.04. The lowest BCUT2D eigenvalue weighted by molar-refractivity contribution is 0.196. The quantitative estimate of drug-likeness (QED) is 0.885. The van der Waals surface area contributed by atoms with Crippen LogP contribution in [0.3, 0.4) is 0 Å². The van der Waals surface area contributed by atoms with E-state index in [1.165, 1.54) is 9.71 Å². The van der Waals surface area contributed by atoms with Crippen molar-refractivity contribution in [1.29, 1.82) is 0 Å². The summed E-state index contributed by atoms with van der Waals surface area (Å²) in [5.41, 5.74) is 2.22. The molecule has 0 radical (unpaired) electrons. The molecule has 1 aromatic heterocycles. The van der Waals surface area contributed by atoms with Gasteiger partial charge < -0.3 is 5.11 Å². The Bertz CT molecular complexity index is 488. The molecule has 0 aliphatic rings. The highest BCUT2D eigenvalue weighted by molar-refractivity contribution is 7.18. The second-order valence-corrected chi connectivity index (χ2v) is 5.59. The highest BCUT2D eigenvalue weighted by Gasteiger charge is 2.11. The molecule has 0 bridgehead atoms. The minimum atomic E-state index is -0.310. The number of rotatable bonds is 3. The fraction of sp³-hybridized carbons (Fsp3) is 0.462. The summed E-state index contributed by atoms with van der Waals surface area (Å²) in [6.45, 7) is 6.13. The summed E-state index contributed by atoms with van der Waals surface area (Å²) in [5, 5.41) is 10.6. The van der Waals surface area contributed by atoms with Crippen LogP contribution >= 0.6 is 11.3 Å². The molecule has 2 aromatic rings. The lowest BCUT2D eigenvalue weighted by atomic mass is 10.1. The highest BCUT2D eigenvalue weighted by Crippen LogP contribution is 2.29. The van der Waals surface area contributed by atoms with E-state index >= 15 is 0 Å². The van der Waals surface area contributed by atoms with E-state index in [0.29, 0.717) is 12.3 Å². The maximum absolute atomic E-state index is 9.46. The fourth-order valence-electron chi connectivity index (χ4n) is 1.75. The molecule has 0 fully saturated rings. The van der Waals surface area contributed by atoms with Crippen molar-refractivity contribution in [3.05, 3.63) is 28.8 Å². The number of para-hydroxylation sites is 1. The summed E-state index contributed by atoms with van der Waals surface area (Å²) in [5.74, 6) is 0.469. The Morgan fingerprint density at radius 2 is 2.06 bits per heavy atom. The summed E-state index contributed by atoms with van der Waals surface area (Å²) in [6.07, 6.45) is 0.369. The van der Waals surface area contributed by atoms with Crippen molar-refractivity contribution in [2.75, 3.05) is 0 Å². The monoisotopic (exact) mass is 235 g/mol. The van der Waals surface area contributed by atoms with Gasteiger partial charge >= 0.3 is 0 Å². The first-order valence-electron chi connectivity index (χ1n) is 5.64. The van der Waals surface area contributed by atoms with Crippen molar-refractivity contribution in [3.8, 4) is 0 Å². The van der Waals surface area contributed by atoms with Gasteiger partial charge in [-0.3, -0.25) is 0 Å². The normalized spacial score (nSPS) is 13.6. The van der Waals surface area contributed by atoms with E-state index in [0.717, 1.165) is 11.1 Å². The van der Waals surface area contributed by atoms with Gasteiger partial charge in [0.2, 0.25) is 0 Å². The van der Waals surface area contributed by atoms with Crippen molar-refractivity contribution in [2.45, 2.75) is 39.2 Å². The molecular formula is C13H17NOS. The van der Waals surface area contributed by atoms with Crippen molar-refractivity contribution < 1.29 is 5.11 Å². The van der Waals surface area contributed by atoms with Gasteiger partial charge in [0.05, 0.1) is 21.3 Å². The van der Waals surface area contributed by atoms with Gasteiger partial charge in [0.25, 0.3) is 0 Å². The Morgan fingerprint density at radius 1 is 1.31 bits per heavy atom. The number of aliphatic hydroxyl groups excluding tert-OH is 1. The van der Waals surface area contributed by atoms with Gasteiger partial charge in [-0.15, -0.1) is 11.3 Å². The van der Waals surface area contributed by atoms with Gasteiger partial charge in [0.1, 0.15) is 0 Å². The second-order valence-electron chi connectivity index (χ2n) is 4.52. The molecule has 1 atom stereocenters. The van der Waals surface area contributed by atoms with Gasteiger partial charge in [-0.25, -0.2) is 4.98 Å². The smallest absolute Gasteiger partial charge is 0.0964 e. The van der Waals surface area contributed by atoms with E-state index in [2.05, 4.69) is 31.0 Å². The summed E-state index contributed by atoms with van der Waals surface area (Å²) in [6, 6.07) is 6.20. The Kier molecular flexibility index (Phi) is 3.26. The van der Waals surface area contributed by atoms with Gasteiger partial charge in [-0.05, 0) is 18.6 Å². The first-order valence-corrected chi connectivity index (χ1v) is 6.46. The molecule has 1 N–H and O–H groups in total. The van der Waals surface area contributed by atoms with Crippen LogP contribution in [0.2, 0.25) is 0 Å². The fourth-order valence-corrected chi connectivity index (χ4v) is 2.77. The minimum Gasteiger partial charge on any atom is -0.393 e. The summed E-state index contributed by atoms with van der Waals surface area (Å²) in [4.78, 5) is 4.67. The van der Waals surface area contributed by atoms with Crippen LogP contribution < -0.4 is 0 Å². The molecule has 86 valence electrons. The maximum Gasteiger partial charge on any atom is 0.0964 e. The van der Waals surface area contributed by atoms with E-state index in [9.17, 15) is 5.11 Å². The van der Waals surface area contributed by atoms with Crippen LogP contribution in [0.4, 0.5) is 0 Å². The molecule has 0 saturated heterocycles. The van der Waals surface area contributed by atoms with Crippen molar-refractivity contribution in [1.82, 2.24) is 4.98 Å². The van der Waals surface area contributed by atoms with Gasteiger partial charge in [0.15, 0.2) is 0 Å². The maximum atomic E-state index is 9.46. The number of thiazole rings is 1. The molecular weight excluding hydrogens is 218 g/mol.